The van der Waals surface area contributed by atoms with Crippen LogP contribution in [-0.4, -0.2) is 33.0 Å². The summed E-state index contributed by atoms with van der Waals surface area (Å²) in [4.78, 5) is 18.2. The van der Waals surface area contributed by atoms with Crippen molar-refractivity contribution in [1.82, 2.24) is 20.1 Å². The van der Waals surface area contributed by atoms with Crippen LogP contribution in [0, 0.1) is 6.92 Å². The van der Waals surface area contributed by atoms with Crippen molar-refractivity contribution < 1.29 is 4.79 Å². The van der Waals surface area contributed by atoms with E-state index in [4.69, 9.17) is 5.73 Å². The van der Waals surface area contributed by atoms with Gasteiger partial charge in [-0.25, -0.2) is 4.98 Å². The lowest BCUT2D eigenvalue weighted by atomic mass is 10.2. The summed E-state index contributed by atoms with van der Waals surface area (Å²) in [6.07, 6.45) is 0.723. The molecule has 2 aromatic heterocycles. The van der Waals surface area contributed by atoms with E-state index in [1.54, 1.807) is 23.3 Å². The van der Waals surface area contributed by atoms with E-state index in [9.17, 15) is 4.79 Å². The van der Waals surface area contributed by atoms with Crippen LogP contribution in [0.4, 0.5) is 5.69 Å². The van der Waals surface area contributed by atoms with Gasteiger partial charge in [0.2, 0.25) is 0 Å². The van der Waals surface area contributed by atoms with Crippen molar-refractivity contribution in [3.8, 4) is 0 Å². The molecule has 0 atom stereocenters. The van der Waals surface area contributed by atoms with Crippen molar-refractivity contribution in [3.05, 3.63) is 27.5 Å². The Morgan fingerprint density at radius 1 is 1.58 bits per heavy atom. The Morgan fingerprint density at radius 3 is 2.84 bits per heavy atom. The Bertz CT molecular complexity index is 589. The second-order valence-electron chi connectivity index (χ2n) is 4.34. The third-order valence-electron chi connectivity index (χ3n) is 2.85. The van der Waals surface area contributed by atoms with Crippen molar-refractivity contribution in [1.29, 1.82) is 0 Å². The number of nitrogen functional groups attached to an aromatic ring is 1. The summed E-state index contributed by atoms with van der Waals surface area (Å²) < 4.78 is 0. The Labute approximate surface area is 115 Å². The molecule has 0 saturated heterocycles. The molecule has 0 unspecified atom stereocenters. The zero-order valence-electron chi connectivity index (χ0n) is 11.2. The quantitative estimate of drug-likeness (QED) is 0.889. The van der Waals surface area contributed by atoms with Gasteiger partial charge in [0.25, 0.3) is 5.91 Å². The number of aromatic nitrogens is 3. The first-order valence-electron chi connectivity index (χ1n) is 6.02. The lowest BCUT2D eigenvalue weighted by Crippen LogP contribution is -2.27. The second kappa shape index (κ2) is 5.40. The highest BCUT2D eigenvalue weighted by atomic mass is 32.1. The molecule has 3 N–H and O–H groups in total. The van der Waals surface area contributed by atoms with E-state index in [0.717, 1.165) is 22.8 Å². The van der Waals surface area contributed by atoms with Crippen LogP contribution in [0.2, 0.25) is 0 Å². The minimum Gasteiger partial charge on any atom is -0.395 e. The van der Waals surface area contributed by atoms with Crippen LogP contribution in [0.25, 0.3) is 0 Å². The average molecular weight is 279 g/mol. The number of amides is 1. The fourth-order valence-electron chi connectivity index (χ4n) is 1.80. The van der Waals surface area contributed by atoms with Crippen LogP contribution in [0.1, 0.15) is 33.8 Å². The van der Waals surface area contributed by atoms with Crippen LogP contribution < -0.4 is 5.73 Å². The number of nitrogens with zero attached hydrogens (tertiary/aromatic N) is 3. The van der Waals surface area contributed by atoms with E-state index < -0.39 is 0 Å². The third-order valence-corrected chi connectivity index (χ3v) is 3.67. The summed E-state index contributed by atoms with van der Waals surface area (Å²) in [7, 11) is 1.72. The zero-order valence-corrected chi connectivity index (χ0v) is 12.0. The number of nitrogens with two attached hydrogens (primary N) is 1. The van der Waals surface area contributed by atoms with Crippen LogP contribution in [-0.2, 0) is 13.0 Å². The van der Waals surface area contributed by atoms with Gasteiger partial charge >= 0.3 is 0 Å². The number of rotatable bonds is 4. The molecule has 0 aliphatic carbocycles. The van der Waals surface area contributed by atoms with Crippen molar-refractivity contribution in [2.24, 2.45) is 0 Å². The highest BCUT2D eigenvalue weighted by Gasteiger charge is 2.20. The number of anilines is 1. The lowest BCUT2D eigenvalue weighted by Gasteiger charge is -2.14. The standard InChI is InChI=1S/C12H17N5OS/c1-4-9-10(13)11(16-15-9)12(18)17(3)5-8-6-19-7(2)14-8/h6H,4-5,13H2,1-3H3,(H,15,16). The molecule has 1 amide bonds. The molecule has 0 saturated carbocycles. The molecule has 0 fully saturated rings. The van der Waals surface area contributed by atoms with E-state index in [2.05, 4.69) is 15.2 Å². The van der Waals surface area contributed by atoms with E-state index in [0.29, 0.717) is 12.2 Å². The number of hydrogen-bond donors (Lipinski definition) is 2. The maximum Gasteiger partial charge on any atom is 0.276 e. The summed E-state index contributed by atoms with van der Waals surface area (Å²) in [5, 5.41) is 9.72. The van der Waals surface area contributed by atoms with Crippen molar-refractivity contribution in [2.75, 3.05) is 12.8 Å². The van der Waals surface area contributed by atoms with E-state index >= 15 is 0 Å². The van der Waals surface area contributed by atoms with Gasteiger partial charge in [0.05, 0.1) is 28.6 Å². The molecule has 0 spiro atoms. The summed E-state index contributed by atoms with van der Waals surface area (Å²) in [5.74, 6) is -0.195. The number of aromatic amines is 1. The predicted molar refractivity (Wildman–Crippen MR) is 75.0 cm³/mol. The number of carbonyl (C=O) groups excluding carboxylic acids is 1. The highest BCUT2D eigenvalue weighted by Crippen LogP contribution is 2.17. The molecule has 2 rings (SSSR count). The summed E-state index contributed by atoms with van der Waals surface area (Å²) in [6, 6.07) is 0. The molecule has 0 bridgehead atoms. The molecule has 0 radical (unpaired) electrons. The Hall–Kier alpha value is -1.89. The van der Waals surface area contributed by atoms with Crippen molar-refractivity contribution in [3.63, 3.8) is 0 Å². The van der Waals surface area contributed by atoms with Crippen molar-refractivity contribution in [2.45, 2.75) is 26.8 Å². The fraction of sp³-hybridized carbons (Fsp3) is 0.417. The van der Waals surface area contributed by atoms with Gasteiger partial charge in [0.15, 0.2) is 5.69 Å². The number of thiazole rings is 1. The number of H-pyrrole nitrogens is 1. The largest absolute Gasteiger partial charge is 0.395 e. The Balaban J connectivity index is 2.12. The van der Waals surface area contributed by atoms with Crippen LogP contribution in [0.5, 0.6) is 0 Å². The number of aryl methyl sites for hydroxylation is 2. The molecule has 19 heavy (non-hydrogen) atoms. The van der Waals surface area contributed by atoms with Gasteiger partial charge in [-0.15, -0.1) is 11.3 Å². The third kappa shape index (κ3) is 2.76. The van der Waals surface area contributed by atoms with Gasteiger partial charge in [-0.3, -0.25) is 9.89 Å². The molecule has 6 nitrogen and oxygen atoms in total. The van der Waals surface area contributed by atoms with Crippen LogP contribution in [0.15, 0.2) is 5.38 Å². The zero-order chi connectivity index (χ0) is 14.0. The normalized spacial score (nSPS) is 10.7. The van der Waals surface area contributed by atoms with Gasteiger partial charge in [-0.1, -0.05) is 6.92 Å². The number of hydrogen-bond acceptors (Lipinski definition) is 5. The second-order valence-corrected chi connectivity index (χ2v) is 5.40. The SMILES string of the molecule is CCc1[nH]nc(C(=O)N(C)Cc2csc(C)n2)c1N. The van der Waals surface area contributed by atoms with Gasteiger partial charge in [0.1, 0.15) is 0 Å². The Kier molecular flexibility index (Phi) is 3.84. The minimum atomic E-state index is -0.195. The molecule has 0 aliphatic heterocycles. The first-order chi connectivity index (χ1) is 9.02. The average Bonchev–Trinajstić information content (AvgIpc) is 2.94. The molecule has 102 valence electrons. The van der Waals surface area contributed by atoms with E-state index in [-0.39, 0.29) is 11.6 Å². The molecule has 2 aromatic rings. The van der Waals surface area contributed by atoms with Crippen molar-refractivity contribution >= 4 is 22.9 Å². The maximum absolute atomic E-state index is 12.2. The molecule has 2 heterocycles. The summed E-state index contributed by atoms with van der Waals surface area (Å²) in [5.41, 5.74) is 8.29. The Morgan fingerprint density at radius 2 is 2.32 bits per heavy atom. The van der Waals surface area contributed by atoms with E-state index in [1.165, 1.54) is 0 Å². The predicted octanol–water partition coefficient (Wildman–Crippen LogP) is 1.59. The van der Waals surface area contributed by atoms with Crippen LogP contribution in [0.3, 0.4) is 0 Å². The van der Waals surface area contributed by atoms with Gasteiger partial charge in [0, 0.05) is 12.4 Å². The van der Waals surface area contributed by atoms with Crippen LogP contribution >= 0.6 is 11.3 Å². The highest BCUT2D eigenvalue weighted by molar-refractivity contribution is 7.09. The minimum absolute atomic E-state index is 0.195. The summed E-state index contributed by atoms with van der Waals surface area (Å²) in [6.45, 7) is 4.35. The number of carbonyl (C=O) groups is 1. The molecule has 0 aromatic carbocycles. The molecule has 0 aliphatic rings. The first-order valence-corrected chi connectivity index (χ1v) is 6.90. The van der Waals surface area contributed by atoms with Gasteiger partial charge in [-0.05, 0) is 13.3 Å². The molecular weight excluding hydrogens is 262 g/mol. The lowest BCUT2D eigenvalue weighted by molar-refractivity contribution is 0.0779. The first kappa shape index (κ1) is 13.5. The molecular formula is C12H17N5OS. The fourth-order valence-corrected chi connectivity index (χ4v) is 2.40. The monoisotopic (exact) mass is 279 g/mol. The smallest absolute Gasteiger partial charge is 0.276 e. The number of nitrogens with one attached hydrogen (secondary N) is 1. The topological polar surface area (TPSA) is 87.9 Å². The molecule has 7 heteroatoms. The van der Waals surface area contributed by atoms with E-state index in [1.807, 2.05) is 19.2 Å². The van der Waals surface area contributed by atoms with Gasteiger partial charge in [-0.2, -0.15) is 5.10 Å². The van der Waals surface area contributed by atoms with Gasteiger partial charge < -0.3 is 10.6 Å². The maximum atomic E-state index is 12.2. The summed E-state index contributed by atoms with van der Waals surface area (Å²) >= 11 is 1.57.